The number of aryl methyl sites for hydroxylation is 1. The van der Waals surface area contributed by atoms with E-state index in [0.717, 1.165) is 17.7 Å². The van der Waals surface area contributed by atoms with Gasteiger partial charge in [0.05, 0.1) is 5.69 Å². The Balaban J connectivity index is 3.10. The molecular weight excluding hydrogens is 138 g/mol. The van der Waals surface area contributed by atoms with Crippen LogP contribution in [0.2, 0.25) is 0 Å². The molecule has 0 saturated carbocycles. The predicted octanol–water partition coefficient (Wildman–Crippen LogP) is 2.00. The van der Waals surface area contributed by atoms with E-state index in [4.69, 9.17) is 0 Å². The number of aromatic hydroxyl groups is 1. The molecule has 0 amide bonds. The van der Waals surface area contributed by atoms with E-state index < -0.39 is 0 Å². The van der Waals surface area contributed by atoms with Gasteiger partial charge in [0.15, 0.2) is 0 Å². The van der Waals surface area contributed by atoms with Gasteiger partial charge in [0.1, 0.15) is 5.75 Å². The van der Waals surface area contributed by atoms with Crippen LogP contribution in [0.3, 0.4) is 0 Å². The fraction of sp³-hybridized carbons (Fsp3) is 0.333. The zero-order valence-electron chi connectivity index (χ0n) is 6.89. The van der Waals surface area contributed by atoms with Gasteiger partial charge in [-0.25, -0.2) is 0 Å². The lowest BCUT2D eigenvalue weighted by Gasteiger charge is -2.06. The summed E-state index contributed by atoms with van der Waals surface area (Å²) in [6.45, 7) is 2.02. The zero-order chi connectivity index (χ0) is 8.27. The Hall–Kier alpha value is -1.18. The molecule has 2 heteroatoms. The monoisotopic (exact) mass is 151 g/mol. The van der Waals surface area contributed by atoms with Gasteiger partial charge in [0, 0.05) is 7.05 Å². The third-order valence-electron chi connectivity index (χ3n) is 1.77. The Bertz CT molecular complexity index is 223. The van der Waals surface area contributed by atoms with E-state index >= 15 is 0 Å². The van der Waals surface area contributed by atoms with Crippen molar-refractivity contribution >= 4 is 5.69 Å². The quantitative estimate of drug-likeness (QED) is 0.633. The molecule has 0 fully saturated rings. The van der Waals surface area contributed by atoms with Crippen molar-refractivity contribution in [2.24, 2.45) is 0 Å². The van der Waals surface area contributed by atoms with E-state index in [1.165, 1.54) is 0 Å². The summed E-state index contributed by atoms with van der Waals surface area (Å²) in [6, 6.07) is 5.72. The number of phenols is 1. The van der Waals surface area contributed by atoms with Crippen LogP contribution in [-0.4, -0.2) is 12.2 Å². The smallest absolute Gasteiger partial charge is 0.141 e. The first kappa shape index (κ1) is 7.92. The van der Waals surface area contributed by atoms with E-state index in [-0.39, 0.29) is 0 Å². The third-order valence-corrected chi connectivity index (χ3v) is 1.77. The summed E-state index contributed by atoms with van der Waals surface area (Å²) in [5, 5.41) is 12.4. The molecule has 0 atom stereocenters. The van der Waals surface area contributed by atoms with Gasteiger partial charge >= 0.3 is 0 Å². The number of phenolic OH excluding ortho intramolecular Hbond substituents is 1. The maximum atomic E-state index is 9.53. The predicted molar refractivity (Wildman–Crippen MR) is 47.0 cm³/mol. The first-order valence-corrected chi connectivity index (χ1v) is 3.78. The summed E-state index contributed by atoms with van der Waals surface area (Å²) in [5.74, 6) is 0.373. The van der Waals surface area contributed by atoms with Crippen molar-refractivity contribution in [2.75, 3.05) is 12.4 Å². The molecular formula is C9H13NO. The van der Waals surface area contributed by atoms with E-state index in [1.807, 2.05) is 25.1 Å². The molecule has 0 aliphatic rings. The fourth-order valence-corrected chi connectivity index (χ4v) is 1.08. The number of rotatable bonds is 2. The molecule has 60 valence electrons. The summed E-state index contributed by atoms with van der Waals surface area (Å²) in [6.07, 6.45) is 0.862. The molecule has 1 aromatic rings. The maximum absolute atomic E-state index is 9.53. The topological polar surface area (TPSA) is 32.3 Å². The minimum absolute atomic E-state index is 0.373. The van der Waals surface area contributed by atoms with Crippen LogP contribution < -0.4 is 5.32 Å². The Kier molecular flexibility index (Phi) is 2.36. The molecule has 0 bridgehead atoms. The number of anilines is 1. The lowest BCUT2D eigenvalue weighted by atomic mass is 10.1. The first-order valence-electron chi connectivity index (χ1n) is 3.78. The largest absolute Gasteiger partial charge is 0.505 e. The number of hydrogen-bond donors (Lipinski definition) is 2. The van der Waals surface area contributed by atoms with E-state index in [9.17, 15) is 5.11 Å². The molecule has 2 N–H and O–H groups in total. The van der Waals surface area contributed by atoms with Crippen molar-refractivity contribution in [3.05, 3.63) is 23.8 Å². The Morgan fingerprint density at radius 1 is 1.45 bits per heavy atom. The van der Waals surface area contributed by atoms with Crippen molar-refractivity contribution < 1.29 is 5.11 Å². The van der Waals surface area contributed by atoms with Crippen LogP contribution in [0.1, 0.15) is 12.5 Å². The van der Waals surface area contributed by atoms with E-state index in [2.05, 4.69) is 5.32 Å². The zero-order valence-corrected chi connectivity index (χ0v) is 6.89. The molecule has 0 heterocycles. The molecule has 2 nitrogen and oxygen atoms in total. The summed E-state index contributed by atoms with van der Waals surface area (Å²) < 4.78 is 0. The second kappa shape index (κ2) is 3.28. The lowest BCUT2D eigenvalue weighted by Crippen LogP contribution is -1.90. The minimum atomic E-state index is 0.373. The summed E-state index contributed by atoms with van der Waals surface area (Å²) in [5.41, 5.74) is 1.78. The van der Waals surface area contributed by atoms with Gasteiger partial charge in [-0.05, 0) is 18.1 Å². The van der Waals surface area contributed by atoms with Crippen molar-refractivity contribution in [3.8, 4) is 5.75 Å². The molecule has 1 aromatic carbocycles. The average molecular weight is 151 g/mol. The second-order valence-electron chi connectivity index (χ2n) is 2.42. The highest BCUT2D eigenvalue weighted by Crippen LogP contribution is 2.26. The molecule has 0 aromatic heterocycles. The number of hydrogen-bond acceptors (Lipinski definition) is 2. The lowest BCUT2D eigenvalue weighted by molar-refractivity contribution is 0.471. The number of benzene rings is 1. The van der Waals surface area contributed by atoms with E-state index in [0.29, 0.717) is 5.75 Å². The maximum Gasteiger partial charge on any atom is 0.141 e. The van der Waals surface area contributed by atoms with Crippen LogP contribution in [0, 0.1) is 0 Å². The molecule has 1 rings (SSSR count). The Labute approximate surface area is 66.9 Å². The second-order valence-corrected chi connectivity index (χ2v) is 2.42. The van der Waals surface area contributed by atoms with Gasteiger partial charge in [-0.2, -0.15) is 0 Å². The van der Waals surface area contributed by atoms with Crippen LogP contribution in [0.5, 0.6) is 5.75 Å². The SMILES string of the molecule is CCc1cccc(NC)c1O. The van der Waals surface area contributed by atoms with E-state index in [1.54, 1.807) is 7.05 Å². The molecule has 0 spiro atoms. The molecule has 0 aliphatic heterocycles. The number of nitrogens with one attached hydrogen (secondary N) is 1. The summed E-state index contributed by atoms with van der Waals surface area (Å²) in [4.78, 5) is 0. The van der Waals surface area contributed by atoms with Crippen molar-refractivity contribution in [2.45, 2.75) is 13.3 Å². The fourth-order valence-electron chi connectivity index (χ4n) is 1.08. The van der Waals surface area contributed by atoms with Gasteiger partial charge in [-0.15, -0.1) is 0 Å². The van der Waals surface area contributed by atoms with Gasteiger partial charge in [-0.1, -0.05) is 19.1 Å². The van der Waals surface area contributed by atoms with Gasteiger partial charge in [0.2, 0.25) is 0 Å². The van der Waals surface area contributed by atoms with Crippen LogP contribution >= 0.6 is 0 Å². The molecule has 11 heavy (non-hydrogen) atoms. The van der Waals surface area contributed by atoms with Crippen molar-refractivity contribution in [3.63, 3.8) is 0 Å². The van der Waals surface area contributed by atoms with Gasteiger partial charge in [-0.3, -0.25) is 0 Å². The molecule has 0 saturated heterocycles. The summed E-state index contributed by atoms with van der Waals surface area (Å²) >= 11 is 0. The Morgan fingerprint density at radius 3 is 2.73 bits per heavy atom. The molecule has 0 radical (unpaired) electrons. The first-order chi connectivity index (χ1) is 5.29. The van der Waals surface area contributed by atoms with Crippen molar-refractivity contribution in [1.82, 2.24) is 0 Å². The molecule has 0 aliphatic carbocycles. The Morgan fingerprint density at radius 2 is 2.18 bits per heavy atom. The summed E-state index contributed by atoms with van der Waals surface area (Å²) in [7, 11) is 1.80. The highest BCUT2D eigenvalue weighted by atomic mass is 16.3. The third kappa shape index (κ3) is 1.45. The normalized spacial score (nSPS) is 9.64. The molecule has 0 unspecified atom stereocenters. The van der Waals surface area contributed by atoms with Gasteiger partial charge < -0.3 is 10.4 Å². The standard InChI is InChI=1S/C9H13NO/c1-3-7-5-4-6-8(10-2)9(7)11/h4-6,10-11H,3H2,1-2H3. The highest BCUT2D eigenvalue weighted by molar-refractivity contribution is 5.58. The minimum Gasteiger partial charge on any atom is -0.505 e. The van der Waals surface area contributed by atoms with Crippen LogP contribution in [0.4, 0.5) is 5.69 Å². The van der Waals surface area contributed by atoms with Crippen LogP contribution in [0.15, 0.2) is 18.2 Å². The van der Waals surface area contributed by atoms with Crippen LogP contribution in [-0.2, 0) is 6.42 Å². The van der Waals surface area contributed by atoms with Crippen molar-refractivity contribution in [1.29, 1.82) is 0 Å². The van der Waals surface area contributed by atoms with Gasteiger partial charge in [0.25, 0.3) is 0 Å². The van der Waals surface area contributed by atoms with Crippen LogP contribution in [0.25, 0.3) is 0 Å². The average Bonchev–Trinajstić information content (AvgIpc) is 2.05. The highest BCUT2D eigenvalue weighted by Gasteiger charge is 2.01. The number of para-hydroxylation sites is 1.